The van der Waals surface area contributed by atoms with Gasteiger partial charge in [-0.05, 0) is 12.8 Å². The van der Waals surface area contributed by atoms with Gasteiger partial charge in [-0.2, -0.15) is 0 Å². The van der Waals surface area contributed by atoms with Crippen molar-refractivity contribution in [1.29, 1.82) is 0 Å². The van der Waals surface area contributed by atoms with E-state index in [4.69, 9.17) is 10.5 Å². The number of nitrogens with two attached hydrogens (primary N) is 1. The molecule has 0 aromatic rings. The molecule has 1 heterocycles. The molecule has 0 radical (unpaired) electrons. The molecule has 1 unspecified atom stereocenters. The molecule has 0 bridgehead atoms. The Kier molecular flexibility index (Phi) is 5.93. The van der Waals surface area contributed by atoms with Crippen LogP contribution in [0.4, 0.5) is 0 Å². The van der Waals surface area contributed by atoms with Crippen LogP contribution in [0.3, 0.4) is 0 Å². The smallest absolute Gasteiger partial charge is 0.248 e. The lowest BCUT2D eigenvalue weighted by atomic mass is 9.97. The van der Waals surface area contributed by atoms with E-state index in [1.807, 2.05) is 0 Å². The fraction of sp³-hybridized carbons (Fsp3) is 0.818. The van der Waals surface area contributed by atoms with Crippen LogP contribution in [-0.4, -0.2) is 56.6 Å². The molecule has 1 saturated heterocycles. The number of hydrogen-bond donors (Lipinski definition) is 2. The summed E-state index contributed by atoms with van der Waals surface area (Å²) in [6.07, 6.45) is 1.70. The fourth-order valence-electron chi connectivity index (χ4n) is 1.96. The van der Waals surface area contributed by atoms with E-state index in [0.717, 1.165) is 12.8 Å². The first-order chi connectivity index (χ1) is 8.19. The molecule has 0 aromatic carbocycles. The molecule has 3 N–H and O–H groups in total. The van der Waals surface area contributed by atoms with Gasteiger partial charge in [0.15, 0.2) is 0 Å². The summed E-state index contributed by atoms with van der Waals surface area (Å²) in [5.41, 5.74) is 5.27. The molecule has 1 aliphatic rings. The van der Waals surface area contributed by atoms with Gasteiger partial charge in [0.2, 0.25) is 11.8 Å². The minimum absolute atomic E-state index is 0.00498. The maximum absolute atomic E-state index is 11.8. The Morgan fingerprint density at radius 3 is 2.94 bits per heavy atom. The van der Waals surface area contributed by atoms with E-state index in [9.17, 15) is 9.59 Å². The minimum atomic E-state index is -0.0905. The van der Waals surface area contributed by atoms with Gasteiger partial charge in [0.1, 0.15) is 6.61 Å². The first kappa shape index (κ1) is 13.9. The van der Waals surface area contributed by atoms with Gasteiger partial charge < -0.3 is 20.7 Å². The number of carbonyl (C=O) groups is 2. The zero-order chi connectivity index (χ0) is 12.7. The molecule has 1 fully saturated rings. The van der Waals surface area contributed by atoms with E-state index >= 15 is 0 Å². The van der Waals surface area contributed by atoms with Crippen LogP contribution in [0, 0.1) is 5.92 Å². The molecular formula is C11H21N3O3. The summed E-state index contributed by atoms with van der Waals surface area (Å²) in [6, 6.07) is 0. The summed E-state index contributed by atoms with van der Waals surface area (Å²) in [4.78, 5) is 25.0. The normalized spacial score (nSPS) is 20.1. The molecule has 6 nitrogen and oxygen atoms in total. The van der Waals surface area contributed by atoms with Gasteiger partial charge in [-0.15, -0.1) is 0 Å². The summed E-state index contributed by atoms with van der Waals surface area (Å²) in [6.45, 7) is 2.05. The Labute approximate surface area is 101 Å². The van der Waals surface area contributed by atoms with Gasteiger partial charge in [-0.3, -0.25) is 9.59 Å². The average Bonchev–Trinajstić information content (AvgIpc) is 2.38. The van der Waals surface area contributed by atoms with E-state index in [1.54, 1.807) is 11.9 Å². The van der Waals surface area contributed by atoms with Gasteiger partial charge in [0.05, 0.1) is 12.5 Å². The largest absolute Gasteiger partial charge is 0.370 e. The topological polar surface area (TPSA) is 84.7 Å². The van der Waals surface area contributed by atoms with Crippen molar-refractivity contribution in [3.8, 4) is 0 Å². The van der Waals surface area contributed by atoms with Crippen molar-refractivity contribution in [1.82, 2.24) is 10.2 Å². The number of ether oxygens (including phenoxy) is 1. The molecule has 0 spiro atoms. The number of piperidine rings is 1. The van der Waals surface area contributed by atoms with E-state index in [0.29, 0.717) is 26.2 Å². The minimum Gasteiger partial charge on any atom is -0.370 e. The molecule has 6 heteroatoms. The predicted octanol–water partition coefficient (Wildman–Crippen LogP) is -1.05. The van der Waals surface area contributed by atoms with E-state index in [1.165, 1.54) is 0 Å². The van der Waals surface area contributed by atoms with Crippen LogP contribution in [-0.2, 0) is 14.3 Å². The number of rotatable bonds is 5. The van der Waals surface area contributed by atoms with Crippen molar-refractivity contribution in [2.45, 2.75) is 12.8 Å². The quantitative estimate of drug-likeness (QED) is 0.603. The van der Waals surface area contributed by atoms with Crippen molar-refractivity contribution < 1.29 is 14.3 Å². The molecule has 0 aliphatic carbocycles. The molecule has 17 heavy (non-hydrogen) atoms. The van der Waals surface area contributed by atoms with Crippen LogP contribution in [0.5, 0.6) is 0 Å². The van der Waals surface area contributed by atoms with Crippen molar-refractivity contribution in [2.75, 3.05) is 39.9 Å². The van der Waals surface area contributed by atoms with Gasteiger partial charge >= 0.3 is 0 Å². The molecule has 1 rings (SSSR count). The van der Waals surface area contributed by atoms with Crippen LogP contribution >= 0.6 is 0 Å². The third-order valence-corrected chi connectivity index (χ3v) is 2.88. The number of likely N-dealkylation sites (tertiary alicyclic amines) is 1. The zero-order valence-corrected chi connectivity index (χ0v) is 10.3. The number of nitrogens with one attached hydrogen (secondary N) is 1. The molecule has 1 aliphatic heterocycles. The van der Waals surface area contributed by atoms with Gasteiger partial charge in [-0.25, -0.2) is 0 Å². The first-order valence-electron chi connectivity index (χ1n) is 5.96. The van der Waals surface area contributed by atoms with Crippen molar-refractivity contribution in [3.05, 3.63) is 0 Å². The summed E-state index contributed by atoms with van der Waals surface area (Å²) in [5, 5.41) is 2.62. The molecule has 1 atom stereocenters. The Bertz CT molecular complexity index is 271. The second-order valence-electron chi connectivity index (χ2n) is 4.13. The number of nitrogens with zero attached hydrogens (tertiary/aromatic N) is 1. The lowest BCUT2D eigenvalue weighted by Gasteiger charge is -2.31. The monoisotopic (exact) mass is 243 g/mol. The lowest BCUT2D eigenvalue weighted by molar-refractivity contribution is -0.139. The average molecular weight is 243 g/mol. The van der Waals surface area contributed by atoms with Crippen LogP contribution in [0.2, 0.25) is 0 Å². The second-order valence-corrected chi connectivity index (χ2v) is 4.13. The van der Waals surface area contributed by atoms with E-state index < -0.39 is 0 Å². The Morgan fingerprint density at radius 2 is 2.29 bits per heavy atom. The van der Waals surface area contributed by atoms with E-state index in [2.05, 4.69) is 5.32 Å². The van der Waals surface area contributed by atoms with Crippen LogP contribution in [0.15, 0.2) is 0 Å². The van der Waals surface area contributed by atoms with Crippen LogP contribution in [0.1, 0.15) is 12.8 Å². The fourth-order valence-corrected chi connectivity index (χ4v) is 1.96. The molecule has 98 valence electrons. The summed E-state index contributed by atoms with van der Waals surface area (Å²) < 4.78 is 5.10. The number of hydrogen-bond acceptors (Lipinski definition) is 4. The van der Waals surface area contributed by atoms with Crippen molar-refractivity contribution >= 4 is 11.8 Å². The Hall–Kier alpha value is -1.14. The summed E-state index contributed by atoms with van der Waals surface area (Å²) in [5.74, 6) is -0.148. The Morgan fingerprint density at radius 1 is 1.53 bits per heavy atom. The molecular weight excluding hydrogens is 222 g/mol. The highest BCUT2D eigenvalue weighted by Gasteiger charge is 2.27. The SMILES string of the molecule is CNC(=O)C1CCCN(C(=O)COCCN)C1. The van der Waals surface area contributed by atoms with Gasteiger partial charge in [-0.1, -0.05) is 0 Å². The summed E-state index contributed by atoms with van der Waals surface area (Å²) >= 11 is 0. The van der Waals surface area contributed by atoms with E-state index in [-0.39, 0.29) is 24.3 Å². The zero-order valence-electron chi connectivity index (χ0n) is 10.3. The first-order valence-corrected chi connectivity index (χ1v) is 5.96. The standard InChI is InChI=1S/C11H21N3O3/c1-13-11(16)9-3-2-5-14(7-9)10(15)8-17-6-4-12/h9H,2-8,12H2,1H3,(H,13,16). The maximum Gasteiger partial charge on any atom is 0.248 e. The molecule has 0 saturated carbocycles. The number of carbonyl (C=O) groups excluding carboxylic acids is 2. The van der Waals surface area contributed by atoms with Gasteiger partial charge in [0, 0.05) is 26.7 Å². The second kappa shape index (κ2) is 7.24. The lowest BCUT2D eigenvalue weighted by Crippen LogP contribution is -2.46. The summed E-state index contributed by atoms with van der Waals surface area (Å²) in [7, 11) is 1.62. The molecule has 0 aromatic heterocycles. The van der Waals surface area contributed by atoms with Crippen LogP contribution in [0.25, 0.3) is 0 Å². The van der Waals surface area contributed by atoms with Crippen LogP contribution < -0.4 is 11.1 Å². The third-order valence-electron chi connectivity index (χ3n) is 2.88. The highest BCUT2D eigenvalue weighted by molar-refractivity contribution is 5.81. The number of amides is 2. The highest BCUT2D eigenvalue weighted by Crippen LogP contribution is 2.16. The Balaban J connectivity index is 2.37. The molecule has 2 amide bonds. The predicted molar refractivity (Wildman–Crippen MR) is 63.2 cm³/mol. The maximum atomic E-state index is 11.8. The highest BCUT2D eigenvalue weighted by atomic mass is 16.5. The van der Waals surface area contributed by atoms with Gasteiger partial charge in [0.25, 0.3) is 0 Å². The van der Waals surface area contributed by atoms with Crippen molar-refractivity contribution in [3.63, 3.8) is 0 Å². The third kappa shape index (κ3) is 4.32. The van der Waals surface area contributed by atoms with Crippen molar-refractivity contribution in [2.24, 2.45) is 11.7 Å².